The molecule has 2 N–H and O–H groups in total. The normalized spacial score (nSPS) is 14.6. The minimum absolute atomic E-state index is 0.0213. The minimum Gasteiger partial charge on any atom is -0.381 e. The van der Waals surface area contributed by atoms with Crippen LogP contribution >= 0.6 is 0 Å². The fraction of sp³-hybridized carbons (Fsp3) is 0.538. The molecule has 0 saturated heterocycles. The van der Waals surface area contributed by atoms with Gasteiger partial charge in [0, 0.05) is 13.5 Å². The average molecular weight is 243 g/mol. The standard InChI is InChI=1S/C13H19F2NO/c1-17-10-13(15,7-4-8-16)9-11-5-2-3-6-12(11)14/h2-3,5-6H,4,7-10,16H2,1H3. The van der Waals surface area contributed by atoms with E-state index in [-0.39, 0.29) is 25.3 Å². The zero-order valence-electron chi connectivity index (χ0n) is 10.1. The zero-order valence-corrected chi connectivity index (χ0v) is 10.1. The summed E-state index contributed by atoms with van der Waals surface area (Å²) in [6.45, 7) is 0.383. The van der Waals surface area contributed by atoms with Crippen LogP contribution in [0.4, 0.5) is 8.78 Å². The molecule has 0 aliphatic heterocycles. The van der Waals surface area contributed by atoms with Crippen LogP contribution in [-0.4, -0.2) is 25.9 Å². The van der Waals surface area contributed by atoms with E-state index in [0.29, 0.717) is 18.5 Å². The van der Waals surface area contributed by atoms with E-state index in [2.05, 4.69) is 0 Å². The molecule has 0 amide bonds. The number of nitrogens with two attached hydrogens (primary N) is 1. The van der Waals surface area contributed by atoms with Crippen LogP contribution in [0.1, 0.15) is 18.4 Å². The maximum atomic E-state index is 14.5. The average Bonchev–Trinajstić information content (AvgIpc) is 2.30. The fourth-order valence-corrected chi connectivity index (χ4v) is 1.87. The summed E-state index contributed by atoms with van der Waals surface area (Å²) in [7, 11) is 1.44. The van der Waals surface area contributed by atoms with Crippen molar-refractivity contribution in [2.24, 2.45) is 5.73 Å². The smallest absolute Gasteiger partial charge is 0.138 e. The van der Waals surface area contributed by atoms with Crippen molar-refractivity contribution in [3.63, 3.8) is 0 Å². The van der Waals surface area contributed by atoms with Crippen molar-refractivity contribution in [2.75, 3.05) is 20.3 Å². The lowest BCUT2D eigenvalue weighted by Gasteiger charge is -2.24. The number of hydrogen-bond acceptors (Lipinski definition) is 2. The quantitative estimate of drug-likeness (QED) is 0.798. The molecule has 0 fully saturated rings. The van der Waals surface area contributed by atoms with Crippen molar-refractivity contribution < 1.29 is 13.5 Å². The van der Waals surface area contributed by atoms with Gasteiger partial charge in [-0.2, -0.15) is 0 Å². The van der Waals surface area contributed by atoms with Gasteiger partial charge in [-0.05, 0) is 31.0 Å². The van der Waals surface area contributed by atoms with E-state index in [0.717, 1.165) is 0 Å². The molecule has 0 spiro atoms. The summed E-state index contributed by atoms with van der Waals surface area (Å²) in [4.78, 5) is 0. The van der Waals surface area contributed by atoms with Gasteiger partial charge in [0.05, 0.1) is 6.61 Å². The first-order valence-corrected chi connectivity index (χ1v) is 5.72. The Labute approximate surface area is 101 Å². The van der Waals surface area contributed by atoms with Gasteiger partial charge in [0.1, 0.15) is 11.5 Å². The summed E-state index contributed by atoms with van der Waals surface area (Å²) < 4.78 is 32.8. The fourth-order valence-electron chi connectivity index (χ4n) is 1.87. The van der Waals surface area contributed by atoms with Crippen LogP contribution < -0.4 is 5.73 Å². The maximum Gasteiger partial charge on any atom is 0.138 e. The Balaban J connectivity index is 2.75. The summed E-state index contributed by atoms with van der Waals surface area (Å²) in [5.41, 5.74) is 4.21. The maximum absolute atomic E-state index is 14.5. The SMILES string of the molecule is COCC(F)(CCCN)Cc1ccccc1F. The number of hydrogen-bond donors (Lipinski definition) is 1. The van der Waals surface area contributed by atoms with Gasteiger partial charge in [0.25, 0.3) is 0 Å². The summed E-state index contributed by atoms with van der Waals surface area (Å²) in [6.07, 6.45) is 0.869. The van der Waals surface area contributed by atoms with Crippen LogP contribution in [0, 0.1) is 5.82 Å². The van der Waals surface area contributed by atoms with Crippen molar-refractivity contribution in [2.45, 2.75) is 24.9 Å². The van der Waals surface area contributed by atoms with E-state index in [9.17, 15) is 8.78 Å². The minimum atomic E-state index is -1.55. The molecule has 17 heavy (non-hydrogen) atoms. The lowest BCUT2D eigenvalue weighted by molar-refractivity contribution is 0.0328. The third-order valence-electron chi connectivity index (χ3n) is 2.70. The van der Waals surface area contributed by atoms with Gasteiger partial charge >= 0.3 is 0 Å². The van der Waals surface area contributed by atoms with Gasteiger partial charge in [-0.25, -0.2) is 8.78 Å². The number of halogens is 2. The Morgan fingerprint density at radius 2 is 2.06 bits per heavy atom. The molecule has 0 bridgehead atoms. The van der Waals surface area contributed by atoms with Gasteiger partial charge in [-0.15, -0.1) is 0 Å². The molecule has 0 aliphatic carbocycles. The Morgan fingerprint density at radius 3 is 2.65 bits per heavy atom. The first kappa shape index (κ1) is 14.1. The second-order valence-corrected chi connectivity index (χ2v) is 4.24. The Morgan fingerprint density at radius 1 is 1.35 bits per heavy atom. The zero-order chi connectivity index (χ0) is 12.7. The van der Waals surface area contributed by atoms with Crippen molar-refractivity contribution in [1.29, 1.82) is 0 Å². The number of ether oxygens (including phenoxy) is 1. The number of benzene rings is 1. The molecule has 0 aliphatic rings. The van der Waals surface area contributed by atoms with Crippen molar-refractivity contribution in [3.8, 4) is 0 Å². The summed E-state index contributed by atoms with van der Waals surface area (Å²) in [5.74, 6) is -0.377. The molecule has 1 rings (SSSR count). The Hall–Kier alpha value is -1.00. The van der Waals surface area contributed by atoms with Crippen molar-refractivity contribution in [1.82, 2.24) is 0 Å². The van der Waals surface area contributed by atoms with Crippen molar-refractivity contribution >= 4 is 0 Å². The number of rotatable bonds is 7. The van der Waals surface area contributed by atoms with E-state index in [1.807, 2.05) is 0 Å². The topological polar surface area (TPSA) is 35.2 Å². The number of alkyl halides is 1. The lowest BCUT2D eigenvalue weighted by atomic mass is 9.92. The van der Waals surface area contributed by atoms with Crippen LogP contribution in [0.2, 0.25) is 0 Å². The van der Waals surface area contributed by atoms with Crippen LogP contribution in [0.3, 0.4) is 0 Å². The molecule has 1 atom stereocenters. The predicted molar refractivity (Wildman–Crippen MR) is 64.1 cm³/mol. The van der Waals surface area contributed by atoms with E-state index < -0.39 is 5.67 Å². The molecule has 1 aromatic rings. The van der Waals surface area contributed by atoms with Crippen LogP contribution in [-0.2, 0) is 11.2 Å². The van der Waals surface area contributed by atoms with Gasteiger partial charge in [-0.3, -0.25) is 0 Å². The largest absolute Gasteiger partial charge is 0.381 e. The van der Waals surface area contributed by atoms with E-state index in [1.165, 1.54) is 13.2 Å². The molecule has 0 heterocycles. The van der Waals surface area contributed by atoms with Gasteiger partial charge in [0.15, 0.2) is 0 Å². The van der Waals surface area contributed by atoms with Crippen LogP contribution in [0.5, 0.6) is 0 Å². The lowest BCUT2D eigenvalue weighted by Crippen LogP contribution is -2.32. The van der Waals surface area contributed by atoms with Crippen molar-refractivity contribution in [3.05, 3.63) is 35.6 Å². The van der Waals surface area contributed by atoms with Gasteiger partial charge in [0.2, 0.25) is 0 Å². The highest BCUT2D eigenvalue weighted by Crippen LogP contribution is 2.25. The van der Waals surface area contributed by atoms with Crippen LogP contribution in [0.25, 0.3) is 0 Å². The highest BCUT2D eigenvalue weighted by molar-refractivity contribution is 5.19. The van der Waals surface area contributed by atoms with Gasteiger partial charge < -0.3 is 10.5 Å². The van der Waals surface area contributed by atoms with E-state index in [4.69, 9.17) is 10.5 Å². The molecule has 0 saturated carbocycles. The molecule has 0 radical (unpaired) electrons. The molecule has 2 nitrogen and oxygen atoms in total. The monoisotopic (exact) mass is 243 g/mol. The molecule has 1 unspecified atom stereocenters. The molecule has 4 heteroatoms. The number of methoxy groups -OCH3 is 1. The Kier molecular flexibility index (Phi) is 5.51. The second-order valence-electron chi connectivity index (χ2n) is 4.24. The Bertz CT molecular complexity index is 346. The molecular weight excluding hydrogens is 224 g/mol. The molecular formula is C13H19F2NO. The molecule has 0 aromatic heterocycles. The molecule has 1 aromatic carbocycles. The first-order valence-electron chi connectivity index (χ1n) is 5.72. The van der Waals surface area contributed by atoms with Gasteiger partial charge in [-0.1, -0.05) is 18.2 Å². The third kappa shape index (κ3) is 4.40. The van der Waals surface area contributed by atoms with E-state index in [1.54, 1.807) is 18.2 Å². The predicted octanol–water partition coefficient (Wildman–Crippen LogP) is 2.46. The third-order valence-corrected chi connectivity index (χ3v) is 2.70. The summed E-state index contributed by atoms with van der Waals surface area (Å²) >= 11 is 0. The summed E-state index contributed by atoms with van der Waals surface area (Å²) in [5, 5.41) is 0. The second kappa shape index (κ2) is 6.67. The molecule has 96 valence electrons. The van der Waals surface area contributed by atoms with E-state index >= 15 is 0 Å². The highest BCUT2D eigenvalue weighted by atomic mass is 19.1. The van der Waals surface area contributed by atoms with Crippen LogP contribution in [0.15, 0.2) is 24.3 Å². The first-order chi connectivity index (χ1) is 8.11. The highest BCUT2D eigenvalue weighted by Gasteiger charge is 2.30. The summed E-state index contributed by atoms with van der Waals surface area (Å²) in [6, 6.07) is 6.23.